The van der Waals surface area contributed by atoms with Crippen molar-refractivity contribution in [2.45, 2.75) is 0 Å². The average Bonchev–Trinajstić information content (AvgIpc) is 2.80. The number of benzene rings is 3. The van der Waals surface area contributed by atoms with E-state index in [1.54, 1.807) is 24.3 Å². The van der Waals surface area contributed by atoms with Gasteiger partial charge < -0.3 is 20.4 Å². The molecule has 0 aromatic heterocycles. The number of aromatic hydroxyl groups is 2. The molecular weight excluding hydrogens is 456 g/mol. The van der Waals surface area contributed by atoms with Crippen LogP contribution in [0, 0.1) is 0 Å². The van der Waals surface area contributed by atoms with Crippen LogP contribution in [0.4, 0.5) is 5.69 Å². The second-order valence-corrected chi connectivity index (χ2v) is 7.83. The predicted octanol–water partition coefficient (Wildman–Crippen LogP) is 3.74. The Balaban J connectivity index is 1.85. The molecule has 0 aliphatic rings. The van der Waals surface area contributed by atoms with Crippen LogP contribution in [-0.4, -0.2) is 42.3 Å². The number of halogens is 1. The first kappa shape index (κ1) is 24.3. The fraction of sp³-hybridized carbons (Fsp3) is 0.0800. The molecule has 174 valence electrons. The Kier molecular flexibility index (Phi) is 7.89. The molecule has 0 aliphatic heterocycles. The lowest BCUT2D eigenvalue weighted by Gasteiger charge is -2.13. The summed E-state index contributed by atoms with van der Waals surface area (Å²) in [4.78, 5) is 27.6. The number of nitrogens with zero attached hydrogens (tertiary/aromatic N) is 2. The van der Waals surface area contributed by atoms with Crippen LogP contribution < -0.4 is 15.6 Å². The number of carbonyl (C=O) groups excluding carboxylic acids is 2. The molecule has 0 aliphatic carbocycles. The molecule has 3 rings (SSSR count). The van der Waals surface area contributed by atoms with Crippen LogP contribution in [0.25, 0.3) is 6.08 Å². The maximum absolute atomic E-state index is 12.9. The Morgan fingerprint density at radius 3 is 2.35 bits per heavy atom. The Labute approximate surface area is 201 Å². The molecule has 9 heteroatoms. The molecule has 0 spiro atoms. The topological polar surface area (TPSA) is 114 Å². The van der Waals surface area contributed by atoms with Gasteiger partial charge in [0.1, 0.15) is 17.2 Å². The number of hydrazone groups is 1. The molecule has 0 bridgehead atoms. The number of carbonyl (C=O) groups is 2. The predicted molar refractivity (Wildman–Crippen MR) is 133 cm³/mol. The monoisotopic (exact) mass is 478 g/mol. The van der Waals surface area contributed by atoms with Gasteiger partial charge in [0.15, 0.2) is 0 Å². The zero-order valence-electron chi connectivity index (χ0n) is 18.5. The molecule has 0 saturated heterocycles. The summed E-state index contributed by atoms with van der Waals surface area (Å²) in [5.41, 5.74) is 4.41. The van der Waals surface area contributed by atoms with Crippen LogP contribution in [0.2, 0.25) is 5.02 Å². The summed E-state index contributed by atoms with van der Waals surface area (Å²) < 4.78 is 0. The summed E-state index contributed by atoms with van der Waals surface area (Å²) in [5, 5.41) is 25.9. The SMILES string of the molecule is CN(C)c1ccc(/C=C(\NC(=O)c2ccccc2Cl)C(=O)NN=Cc2ccc(O)cc2O)cc1. The third-order valence-electron chi connectivity index (χ3n) is 4.72. The fourth-order valence-electron chi connectivity index (χ4n) is 2.89. The molecule has 3 aromatic rings. The van der Waals surface area contributed by atoms with Gasteiger partial charge in [-0.25, -0.2) is 5.43 Å². The van der Waals surface area contributed by atoms with Gasteiger partial charge in [0.2, 0.25) is 0 Å². The van der Waals surface area contributed by atoms with Crippen molar-refractivity contribution < 1.29 is 19.8 Å². The molecular formula is C25H23ClN4O4. The first-order valence-corrected chi connectivity index (χ1v) is 10.5. The van der Waals surface area contributed by atoms with Gasteiger partial charge in [0.25, 0.3) is 11.8 Å². The lowest BCUT2D eigenvalue weighted by atomic mass is 10.1. The summed E-state index contributed by atoms with van der Waals surface area (Å²) in [5.74, 6) is -1.56. The van der Waals surface area contributed by atoms with Gasteiger partial charge in [-0.1, -0.05) is 35.9 Å². The molecule has 0 unspecified atom stereocenters. The minimum Gasteiger partial charge on any atom is -0.508 e. The molecule has 0 heterocycles. The van der Waals surface area contributed by atoms with Crippen molar-refractivity contribution in [3.63, 3.8) is 0 Å². The zero-order valence-corrected chi connectivity index (χ0v) is 19.2. The number of rotatable bonds is 7. The molecule has 2 amide bonds. The van der Waals surface area contributed by atoms with Gasteiger partial charge in [-0.05, 0) is 48.0 Å². The van der Waals surface area contributed by atoms with Crippen LogP contribution in [0.3, 0.4) is 0 Å². The Morgan fingerprint density at radius 2 is 1.71 bits per heavy atom. The molecule has 0 fully saturated rings. The number of nitrogens with one attached hydrogen (secondary N) is 2. The highest BCUT2D eigenvalue weighted by Gasteiger charge is 2.16. The van der Waals surface area contributed by atoms with Crippen LogP contribution in [0.15, 0.2) is 77.5 Å². The Hall–Kier alpha value is -4.30. The molecule has 3 aromatic carbocycles. The fourth-order valence-corrected chi connectivity index (χ4v) is 3.11. The number of phenolic OH excluding ortho intramolecular Hbond substituents is 2. The van der Waals surface area contributed by atoms with E-state index < -0.39 is 11.8 Å². The number of hydrogen-bond donors (Lipinski definition) is 4. The number of amides is 2. The summed E-state index contributed by atoms with van der Waals surface area (Å²) in [7, 11) is 3.83. The van der Waals surface area contributed by atoms with E-state index in [1.165, 1.54) is 24.4 Å². The van der Waals surface area contributed by atoms with Gasteiger partial charge in [0, 0.05) is 31.4 Å². The van der Waals surface area contributed by atoms with E-state index in [1.807, 2.05) is 43.3 Å². The van der Waals surface area contributed by atoms with E-state index in [4.69, 9.17) is 11.6 Å². The molecule has 8 nitrogen and oxygen atoms in total. The van der Waals surface area contributed by atoms with Crippen molar-refractivity contribution in [1.29, 1.82) is 0 Å². The van der Waals surface area contributed by atoms with E-state index in [-0.39, 0.29) is 33.3 Å². The largest absolute Gasteiger partial charge is 0.508 e. The minimum atomic E-state index is -0.688. The average molecular weight is 479 g/mol. The maximum Gasteiger partial charge on any atom is 0.287 e. The Morgan fingerprint density at radius 1 is 1.00 bits per heavy atom. The first-order valence-electron chi connectivity index (χ1n) is 10.1. The molecule has 0 radical (unpaired) electrons. The smallest absolute Gasteiger partial charge is 0.287 e. The highest BCUT2D eigenvalue weighted by Crippen LogP contribution is 2.21. The van der Waals surface area contributed by atoms with Crippen molar-refractivity contribution in [2.24, 2.45) is 5.10 Å². The van der Waals surface area contributed by atoms with Crippen molar-refractivity contribution >= 4 is 41.4 Å². The minimum absolute atomic E-state index is 0.0606. The van der Waals surface area contributed by atoms with Gasteiger partial charge in [-0.3, -0.25) is 9.59 Å². The first-order chi connectivity index (χ1) is 16.2. The molecule has 4 N–H and O–H groups in total. The standard InChI is InChI=1S/C25H23ClN4O4/c1-30(2)18-10-7-16(8-11-18)13-22(28-24(33)20-5-3-4-6-21(20)26)25(34)29-27-15-17-9-12-19(31)14-23(17)32/h3-15,31-32H,1-2H3,(H,28,33)(H,29,34)/b22-13-,27-15?. The lowest BCUT2D eigenvalue weighted by molar-refractivity contribution is -0.117. The van der Waals surface area contributed by atoms with Crippen molar-refractivity contribution in [2.75, 3.05) is 19.0 Å². The van der Waals surface area contributed by atoms with Crippen LogP contribution in [-0.2, 0) is 4.79 Å². The van der Waals surface area contributed by atoms with Crippen molar-refractivity contribution in [1.82, 2.24) is 10.7 Å². The quantitative estimate of drug-likeness (QED) is 0.235. The van der Waals surface area contributed by atoms with E-state index >= 15 is 0 Å². The number of phenols is 2. The van der Waals surface area contributed by atoms with Gasteiger partial charge in [-0.15, -0.1) is 0 Å². The highest BCUT2D eigenvalue weighted by atomic mass is 35.5. The van der Waals surface area contributed by atoms with Crippen molar-refractivity contribution in [3.05, 3.63) is 94.1 Å². The Bertz CT molecular complexity index is 1250. The highest BCUT2D eigenvalue weighted by molar-refractivity contribution is 6.34. The molecule has 0 saturated carbocycles. The van der Waals surface area contributed by atoms with Crippen molar-refractivity contribution in [3.8, 4) is 11.5 Å². The van der Waals surface area contributed by atoms with Crippen LogP contribution >= 0.6 is 11.6 Å². The van der Waals surface area contributed by atoms with Gasteiger partial charge >= 0.3 is 0 Å². The lowest BCUT2D eigenvalue weighted by Crippen LogP contribution is -2.33. The third-order valence-corrected chi connectivity index (χ3v) is 5.05. The molecule has 34 heavy (non-hydrogen) atoms. The van der Waals surface area contributed by atoms with Crippen LogP contribution in [0.1, 0.15) is 21.5 Å². The summed E-state index contributed by atoms with van der Waals surface area (Å²) in [6.45, 7) is 0. The normalized spacial score (nSPS) is 11.3. The second kappa shape index (κ2) is 11.0. The zero-order chi connectivity index (χ0) is 24.7. The molecule has 0 atom stereocenters. The second-order valence-electron chi connectivity index (χ2n) is 7.42. The summed E-state index contributed by atoms with van der Waals surface area (Å²) >= 11 is 6.12. The maximum atomic E-state index is 12.9. The third kappa shape index (κ3) is 6.36. The van der Waals surface area contributed by atoms with Gasteiger partial charge in [-0.2, -0.15) is 5.10 Å². The van der Waals surface area contributed by atoms with E-state index in [0.717, 1.165) is 11.8 Å². The van der Waals surface area contributed by atoms with Gasteiger partial charge in [0.05, 0.1) is 16.8 Å². The summed E-state index contributed by atoms with van der Waals surface area (Å²) in [6.07, 6.45) is 2.73. The number of hydrogen-bond acceptors (Lipinski definition) is 6. The van der Waals surface area contributed by atoms with E-state index in [2.05, 4.69) is 15.8 Å². The van der Waals surface area contributed by atoms with E-state index in [0.29, 0.717) is 5.56 Å². The van der Waals surface area contributed by atoms with E-state index in [9.17, 15) is 19.8 Å². The van der Waals surface area contributed by atoms with Crippen LogP contribution in [0.5, 0.6) is 11.5 Å². The number of anilines is 1. The summed E-state index contributed by atoms with van der Waals surface area (Å²) in [6, 6.07) is 17.8.